The highest BCUT2D eigenvalue weighted by molar-refractivity contribution is 5.97. The van der Waals surface area contributed by atoms with E-state index < -0.39 is 0 Å². The molecular weight excluding hydrogens is 270 g/mol. The summed E-state index contributed by atoms with van der Waals surface area (Å²) >= 11 is 0. The first kappa shape index (κ1) is 17.0. The molecule has 116 valence electrons. The minimum Gasteiger partial charge on any atom is -0.409 e. The predicted molar refractivity (Wildman–Crippen MR) is 81.2 cm³/mol. The summed E-state index contributed by atoms with van der Waals surface area (Å²) < 4.78 is 5.21. The summed E-state index contributed by atoms with van der Waals surface area (Å²) in [6.45, 7) is 3.70. The molecule has 0 spiro atoms. The molecule has 6 heteroatoms. The van der Waals surface area contributed by atoms with Crippen LogP contribution in [0.3, 0.4) is 0 Å². The van der Waals surface area contributed by atoms with Gasteiger partial charge in [-0.3, -0.25) is 4.79 Å². The molecule has 0 fully saturated rings. The predicted octanol–water partition coefficient (Wildman–Crippen LogP) is 1.56. The van der Waals surface area contributed by atoms with Crippen molar-refractivity contribution in [3.05, 3.63) is 35.4 Å². The van der Waals surface area contributed by atoms with E-state index in [9.17, 15) is 4.79 Å². The number of hydrogen-bond donors (Lipinski definition) is 2. The molecule has 6 nitrogen and oxygen atoms in total. The summed E-state index contributed by atoms with van der Waals surface area (Å²) in [6.07, 6.45) is 1.19. The second-order valence-electron chi connectivity index (χ2n) is 4.74. The first-order valence-electron chi connectivity index (χ1n) is 6.97. The lowest BCUT2D eigenvalue weighted by Gasteiger charge is -2.17. The van der Waals surface area contributed by atoms with Crippen molar-refractivity contribution in [3.63, 3.8) is 0 Å². The second kappa shape index (κ2) is 8.97. The van der Waals surface area contributed by atoms with Gasteiger partial charge in [-0.05, 0) is 25.0 Å². The van der Waals surface area contributed by atoms with Crippen LogP contribution in [0, 0.1) is 0 Å². The zero-order valence-electron chi connectivity index (χ0n) is 12.6. The minimum absolute atomic E-state index is 0.0579. The molecule has 1 amide bonds. The third-order valence-corrected chi connectivity index (χ3v) is 3.06. The fourth-order valence-corrected chi connectivity index (χ4v) is 1.91. The van der Waals surface area contributed by atoms with Crippen molar-refractivity contribution in [2.75, 3.05) is 20.3 Å². The van der Waals surface area contributed by atoms with E-state index in [1.54, 1.807) is 24.1 Å². The molecule has 3 N–H and O–H groups in total. The van der Waals surface area contributed by atoms with Crippen LogP contribution < -0.4 is 5.73 Å². The Morgan fingerprint density at radius 2 is 2.24 bits per heavy atom. The van der Waals surface area contributed by atoms with Crippen LogP contribution >= 0.6 is 0 Å². The molecule has 0 aliphatic carbocycles. The number of nitrogens with zero attached hydrogens (tertiary/aromatic N) is 2. The van der Waals surface area contributed by atoms with Gasteiger partial charge in [0.25, 0.3) is 0 Å². The molecule has 0 aliphatic heterocycles. The maximum atomic E-state index is 12.0. The van der Waals surface area contributed by atoms with Gasteiger partial charge in [0.05, 0.1) is 0 Å². The van der Waals surface area contributed by atoms with Crippen LogP contribution in [0.15, 0.2) is 29.4 Å². The Bertz CT molecular complexity index is 489. The number of benzene rings is 1. The molecule has 0 saturated carbocycles. The van der Waals surface area contributed by atoms with Crippen LogP contribution in [0.1, 0.15) is 30.9 Å². The summed E-state index contributed by atoms with van der Waals surface area (Å²) in [7, 11) is 1.76. The number of oxime groups is 1. The van der Waals surface area contributed by atoms with Gasteiger partial charge in [0, 0.05) is 38.8 Å². The molecule has 0 aliphatic rings. The van der Waals surface area contributed by atoms with Crippen LogP contribution in [0.5, 0.6) is 0 Å². The average molecular weight is 293 g/mol. The molecule has 1 aromatic carbocycles. The van der Waals surface area contributed by atoms with Gasteiger partial charge in [-0.1, -0.05) is 23.4 Å². The first-order valence-corrected chi connectivity index (χ1v) is 6.97. The smallest absolute Gasteiger partial charge is 0.222 e. The molecule has 21 heavy (non-hydrogen) atoms. The molecule has 0 radical (unpaired) electrons. The van der Waals surface area contributed by atoms with Gasteiger partial charge in [0.2, 0.25) is 5.91 Å². The van der Waals surface area contributed by atoms with Gasteiger partial charge in [0.1, 0.15) is 0 Å². The third-order valence-electron chi connectivity index (χ3n) is 3.06. The molecular formula is C15H23N3O3. The normalized spacial score (nSPS) is 11.4. The number of amidine groups is 1. The second-order valence-corrected chi connectivity index (χ2v) is 4.74. The van der Waals surface area contributed by atoms with E-state index in [2.05, 4.69) is 5.16 Å². The van der Waals surface area contributed by atoms with Gasteiger partial charge in [-0.2, -0.15) is 0 Å². The van der Waals surface area contributed by atoms with Crippen molar-refractivity contribution in [2.24, 2.45) is 10.9 Å². The quantitative estimate of drug-likeness (QED) is 0.250. The van der Waals surface area contributed by atoms with E-state index >= 15 is 0 Å². The zero-order valence-corrected chi connectivity index (χ0v) is 12.6. The Kier molecular flexibility index (Phi) is 7.25. The van der Waals surface area contributed by atoms with Crippen molar-refractivity contribution in [1.29, 1.82) is 0 Å². The highest BCUT2D eigenvalue weighted by Gasteiger charge is 2.10. The van der Waals surface area contributed by atoms with Gasteiger partial charge in [-0.15, -0.1) is 0 Å². The standard InChI is InChI=1S/C15H23N3O3/c1-3-21-9-5-8-14(19)18(2)11-12-6-4-7-13(10-12)15(16)17-20/h4,6-7,10,20H,3,5,8-9,11H2,1-2H3,(H2,16,17). The van der Waals surface area contributed by atoms with Gasteiger partial charge >= 0.3 is 0 Å². The summed E-state index contributed by atoms with van der Waals surface area (Å²) in [4.78, 5) is 13.6. The van der Waals surface area contributed by atoms with Gasteiger partial charge in [-0.25, -0.2) is 0 Å². The average Bonchev–Trinajstić information content (AvgIpc) is 2.50. The molecule has 0 heterocycles. The fourth-order valence-electron chi connectivity index (χ4n) is 1.91. The Morgan fingerprint density at radius 3 is 2.90 bits per heavy atom. The molecule has 1 aromatic rings. The Hall–Kier alpha value is -2.08. The van der Waals surface area contributed by atoms with E-state index in [1.807, 2.05) is 19.1 Å². The van der Waals surface area contributed by atoms with Crippen molar-refractivity contribution in [2.45, 2.75) is 26.3 Å². The largest absolute Gasteiger partial charge is 0.409 e. The molecule has 0 aromatic heterocycles. The lowest BCUT2D eigenvalue weighted by Crippen LogP contribution is -2.26. The maximum absolute atomic E-state index is 12.0. The van der Waals surface area contributed by atoms with Crippen molar-refractivity contribution in [1.82, 2.24) is 4.90 Å². The SMILES string of the molecule is CCOCCCC(=O)N(C)Cc1cccc(/C(N)=N/O)c1. The molecule has 0 bridgehead atoms. The van der Waals surface area contributed by atoms with E-state index in [1.165, 1.54) is 0 Å². The summed E-state index contributed by atoms with van der Waals surface area (Å²) in [5.41, 5.74) is 7.12. The van der Waals surface area contributed by atoms with Crippen LogP contribution in [0.4, 0.5) is 0 Å². The Labute approximate surface area is 125 Å². The number of amides is 1. The molecule has 0 unspecified atom stereocenters. The number of carbonyl (C=O) groups is 1. The number of nitrogens with two attached hydrogens (primary N) is 1. The summed E-state index contributed by atoms with van der Waals surface area (Å²) in [5.74, 6) is 0.131. The topological polar surface area (TPSA) is 88.2 Å². The van der Waals surface area contributed by atoms with Crippen molar-refractivity contribution in [3.8, 4) is 0 Å². The number of hydrogen-bond acceptors (Lipinski definition) is 4. The number of rotatable bonds is 8. The van der Waals surface area contributed by atoms with E-state index in [4.69, 9.17) is 15.7 Å². The van der Waals surface area contributed by atoms with E-state index in [0.29, 0.717) is 31.7 Å². The van der Waals surface area contributed by atoms with Gasteiger partial charge in [0.15, 0.2) is 5.84 Å². The van der Waals surface area contributed by atoms with Crippen molar-refractivity contribution < 1.29 is 14.7 Å². The highest BCUT2D eigenvalue weighted by atomic mass is 16.5. The summed E-state index contributed by atoms with van der Waals surface area (Å²) in [6, 6.07) is 7.27. The maximum Gasteiger partial charge on any atom is 0.222 e. The molecule has 0 saturated heterocycles. The third kappa shape index (κ3) is 5.83. The molecule has 1 rings (SSSR count). The van der Waals surface area contributed by atoms with Crippen LogP contribution in [0.25, 0.3) is 0 Å². The van der Waals surface area contributed by atoms with Crippen LogP contribution in [-0.2, 0) is 16.1 Å². The number of ether oxygens (including phenoxy) is 1. The first-order chi connectivity index (χ1) is 10.1. The monoisotopic (exact) mass is 293 g/mol. The van der Waals surface area contributed by atoms with Crippen LogP contribution in [0.2, 0.25) is 0 Å². The Morgan fingerprint density at radius 1 is 1.48 bits per heavy atom. The zero-order chi connectivity index (χ0) is 15.7. The summed E-state index contributed by atoms with van der Waals surface area (Å²) in [5, 5.41) is 11.6. The Balaban J connectivity index is 2.54. The van der Waals surface area contributed by atoms with Crippen molar-refractivity contribution >= 4 is 11.7 Å². The fraction of sp³-hybridized carbons (Fsp3) is 0.467. The van der Waals surface area contributed by atoms with Crippen LogP contribution in [-0.4, -0.2) is 42.1 Å². The minimum atomic E-state index is 0.0579. The number of carbonyl (C=O) groups excluding carboxylic acids is 1. The lowest BCUT2D eigenvalue weighted by molar-refractivity contribution is -0.130. The van der Waals surface area contributed by atoms with Gasteiger partial charge < -0.3 is 20.6 Å². The van der Waals surface area contributed by atoms with E-state index in [0.717, 1.165) is 12.0 Å². The highest BCUT2D eigenvalue weighted by Crippen LogP contribution is 2.09. The van der Waals surface area contributed by atoms with E-state index in [-0.39, 0.29) is 11.7 Å². The lowest BCUT2D eigenvalue weighted by atomic mass is 10.1. The molecule has 0 atom stereocenters.